The van der Waals surface area contributed by atoms with Gasteiger partial charge in [-0.05, 0) is 48.7 Å². The van der Waals surface area contributed by atoms with Crippen molar-refractivity contribution in [3.05, 3.63) is 76.4 Å². The summed E-state index contributed by atoms with van der Waals surface area (Å²) in [6.45, 7) is 1.72. The number of ether oxygens (including phenoxy) is 3. The summed E-state index contributed by atoms with van der Waals surface area (Å²) in [6, 6.07) is 14.6. The number of aryl methyl sites for hydroxylation is 1. The average Bonchev–Trinajstić information content (AvgIpc) is 2.82. The van der Waals surface area contributed by atoms with E-state index < -0.39 is 5.92 Å². The fourth-order valence-corrected chi connectivity index (χ4v) is 4.24. The largest absolute Gasteiger partial charge is 0.493 e. The van der Waals surface area contributed by atoms with Crippen molar-refractivity contribution in [2.24, 2.45) is 5.73 Å². The zero-order valence-corrected chi connectivity index (χ0v) is 19.0. The van der Waals surface area contributed by atoms with Gasteiger partial charge in [0.05, 0.1) is 13.0 Å². The molecule has 0 fully saturated rings. The summed E-state index contributed by atoms with van der Waals surface area (Å²) in [5.41, 5.74) is 9.03. The Labute approximate surface area is 197 Å². The Balaban J connectivity index is 1.57. The van der Waals surface area contributed by atoms with Gasteiger partial charge in [-0.3, -0.25) is 9.59 Å². The number of ketones is 1. The van der Waals surface area contributed by atoms with Gasteiger partial charge >= 0.3 is 0 Å². The molecule has 1 heterocycles. The SMILES string of the molecule is COc1cc([C@@H]2C(C#N)=C(N)OC3=C2C(=O)CCC3)ccc1OCC(=O)Nc1cccc(C)c1. The Morgan fingerprint density at radius 3 is 2.79 bits per heavy atom. The van der Waals surface area contributed by atoms with Crippen molar-refractivity contribution >= 4 is 17.4 Å². The van der Waals surface area contributed by atoms with Crippen molar-refractivity contribution in [3.63, 3.8) is 0 Å². The number of rotatable bonds is 6. The Bertz CT molecular complexity index is 1260. The molecule has 8 nitrogen and oxygen atoms in total. The summed E-state index contributed by atoms with van der Waals surface area (Å²) in [4.78, 5) is 25.1. The average molecular weight is 460 g/mol. The zero-order chi connectivity index (χ0) is 24.2. The lowest BCUT2D eigenvalue weighted by atomic mass is 9.77. The third-order valence-electron chi connectivity index (χ3n) is 5.79. The molecule has 0 aromatic heterocycles. The van der Waals surface area contributed by atoms with Crippen LogP contribution in [0.1, 0.15) is 36.3 Å². The minimum Gasteiger partial charge on any atom is -0.493 e. The van der Waals surface area contributed by atoms with Crippen molar-refractivity contribution in [1.29, 1.82) is 5.26 Å². The quantitative estimate of drug-likeness (QED) is 0.673. The van der Waals surface area contributed by atoms with Crippen LogP contribution in [-0.2, 0) is 14.3 Å². The van der Waals surface area contributed by atoms with Gasteiger partial charge in [-0.1, -0.05) is 18.2 Å². The summed E-state index contributed by atoms with van der Waals surface area (Å²) in [5, 5.41) is 12.5. The lowest BCUT2D eigenvalue weighted by Gasteiger charge is -2.31. The highest BCUT2D eigenvalue weighted by atomic mass is 16.5. The molecule has 174 valence electrons. The molecule has 0 bridgehead atoms. The fraction of sp³-hybridized carbons (Fsp3) is 0.269. The van der Waals surface area contributed by atoms with Crippen LogP contribution < -0.4 is 20.5 Å². The molecule has 2 aromatic carbocycles. The fourth-order valence-electron chi connectivity index (χ4n) is 4.24. The molecule has 0 saturated carbocycles. The number of benzene rings is 2. The van der Waals surface area contributed by atoms with Crippen molar-refractivity contribution in [2.75, 3.05) is 19.0 Å². The number of nitriles is 1. The number of amides is 1. The highest BCUT2D eigenvalue weighted by molar-refractivity contribution is 5.99. The molecule has 0 spiro atoms. The minimum absolute atomic E-state index is 0.00747. The number of methoxy groups -OCH3 is 1. The second-order valence-corrected chi connectivity index (χ2v) is 8.16. The number of nitrogens with zero attached hydrogens (tertiary/aromatic N) is 1. The van der Waals surface area contributed by atoms with Crippen LogP contribution in [0.15, 0.2) is 65.3 Å². The van der Waals surface area contributed by atoms with Crippen LogP contribution in [0, 0.1) is 18.3 Å². The highest BCUT2D eigenvalue weighted by Gasteiger charge is 2.38. The summed E-state index contributed by atoms with van der Waals surface area (Å²) < 4.78 is 16.8. The number of Topliss-reactive ketones (excluding diaryl/α,β-unsaturated/α-hetero) is 1. The van der Waals surface area contributed by atoms with Crippen LogP contribution in [0.2, 0.25) is 0 Å². The second-order valence-electron chi connectivity index (χ2n) is 8.16. The molecule has 1 atom stereocenters. The van der Waals surface area contributed by atoms with Crippen molar-refractivity contribution in [1.82, 2.24) is 0 Å². The molecule has 4 rings (SSSR count). The third-order valence-corrected chi connectivity index (χ3v) is 5.79. The molecule has 0 unspecified atom stereocenters. The Morgan fingerprint density at radius 2 is 2.06 bits per heavy atom. The van der Waals surface area contributed by atoms with E-state index >= 15 is 0 Å². The van der Waals surface area contributed by atoms with E-state index in [0.717, 1.165) is 5.56 Å². The number of nitrogens with two attached hydrogens (primary N) is 1. The standard InChI is InChI=1S/C26H25N3O5/c1-15-5-3-6-17(11-15)29-23(31)14-33-20-10-9-16(12-22(20)32-2)24-18(13-27)26(28)34-21-8-4-7-19(30)25(21)24/h3,5-6,9-12,24H,4,7-8,14,28H2,1-2H3,(H,29,31)/t24-/m1/s1. The predicted octanol–water partition coefficient (Wildman–Crippen LogP) is 3.84. The summed E-state index contributed by atoms with van der Waals surface area (Å²) >= 11 is 0. The molecule has 3 N–H and O–H groups in total. The van der Waals surface area contributed by atoms with Gasteiger partial charge in [0.15, 0.2) is 23.9 Å². The van der Waals surface area contributed by atoms with E-state index in [4.69, 9.17) is 19.9 Å². The summed E-state index contributed by atoms with van der Waals surface area (Å²) in [6.07, 6.45) is 1.66. The number of nitrogens with one attached hydrogen (secondary N) is 1. The van der Waals surface area contributed by atoms with Crippen LogP contribution in [0.25, 0.3) is 0 Å². The maximum absolute atomic E-state index is 12.7. The number of carbonyl (C=O) groups is 2. The van der Waals surface area contributed by atoms with Gasteiger partial charge in [-0.25, -0.2) is 0 Å². The zero-order valence-electron chi connectivity index (χ0n) is 19.0. The molecular weight excluding hydrogens is 434 g/mol. The topological polar surface area (TPSA) is 124 Å². The third kappa shape index (κ3) is 4.59. The van der Waals surface area contributed by atoms with Gasteiger partial charge in [0.25, 0.3) is 5.91 Å². The van der Waals surface area contributed by atoms with Crippen molar-refractivity contribution in [3.8, 4) is 17.6 Å². The first-order chi connectivity index (χ1) is 16.4. The summed E-state index contributed by atoms with van der Waals surface area (Å²) in [5.74, 6) is 0.239. The monoisotopic (exact) mass is 459 g/mol. The van der Waals surface area contributed by atoms with E-state index in [1.165, 1.54) is 7.11 Å². The molecule has 0 saturated heterocycles. The summed E-state index contributed by atoms with van der Waals surface area (Å²) in [7, 11) is 1.48. The molecule has 1 aliphatic heterocycles. The van der Waals surface area contributed by atoms with E-state index in [2.05, 4.69) is 11.4 Å². The Kier molecular flexibility index (Phi) is 6.55. The van der Waals surface area contributed by atoms with Crippen LogP contribution in [0.5, 0.6) is 11.5 Å². The highest BCUT2D eigenvalue weighted by Crippen LogP contribution is 2.45. The number of hydrogen-bond acceptors (Lipinski definition) is 7. The van der Waals surface area contributed by atoms with Gasteiger partial charge in [0.1, 0.15) is 17.4 Å². The Morgan fingerprint density at radius 1 is 1.24 bits per heavy atom. The number of carbonyl (C=O) groups excluding carboxylic acids is 2. The first kappa shape index (κ1) is 22.9. The molecule has 2 aromatic rings. The first-order valence-electron chi connectivity index (χ1n) is 10.9. The smallest absolute Gasteiger partial charge is 0.262 e. The Hall–Kier alpha value is -4.25. The van der Waals surface area contributed by atoms with Crippen LogP contribution in [0.3, 0.4) is 0 Å². The van der Waals surface area contributed by atoms with Gasteiger partial charge in [0, 0.05) is 24.1 Å². The molecule has 0 radical (unpaired) electrons. The lowest BCUT2D eigenvalue weighted by molar-refractivity contribution is -0.118. The molecule has 1 amide bonds. The van der Waals surface area contributed by atoms with Gasteiger partial charge in [-0.15, -0.1) is 0 Å². The van der Waals surface area contributed by atoms with E-state index in [1.54, 1.807) is 24.3 Å². The van der Waals surface area contributed by atoms with Gasteiger partial charge < -0.3 is 25.3 Å². The number of anilines is 1. The van der Waals surface area contributed by atoms with Crippen molar-refractivity contribution < 1.29 is 23.8 Å². The number of allylic oxidation sites excluding steroid dienone is 3. The molecule has 1 aliphatic carbocycles. The van der Waals surface area contributed by atoms with E-state index in [9.17, 15) is 14.9 Å². The van der Waals surface area contributed by atoms with Crippen molar-refractivity contribution in [2.45, 2.75) is 32.1 Å². The van der Waals surface area contributed by atoms with Crippen LogP contribution in [-0.4, -0.2) is 25.4 Å². The first-order valence-corrected chi connectivity index (χ1v) is 10.9. The van der Waals surface area contributed by atoms with E-state index in [0.29, 0.717) is 53.3 Å². The molecule has 8 heteroatoms. The van der Waals surface area contributed by atoms with Crippen LogP contribution >= 0.6 is 0 Å². The molecule has 34 heavy (non-hydrogen) atoms. The van der Waals surface area contributed by atoms with E-state index in [1.807, 2.05) is 25.1 Å². The number of hydrogen-bond donors (Lipinski definition) is 2. The normalized spacial score (nSPS) is 17.4. The van der Waals surface area contributed by atoms with Gasteiger partial charge in [-0.2, -0.15) is 5.26 Å². The molecular formula is C26H25N3O5. The predicted molar refractivity (Wildman–Crippen MR) is 125 cm³/mol. The van der Waals surface area contributed by atoms with E-state index in [-0.39, 0.29) is 29.8 Å². The maximum atomic E-state index is 12.7. The maximum Gasteiger partial charge on any atom is 0.262 e. The van der Waals surface area contributed by atoms with Crippen LogP contribution in [0.4, 0.5) is 5.69 Å². The second kappa shape index (κ2) is 9.71. The lowest BCUT2D eigenvalue weighted by Crippen LogP contribution is -2.27. The molecule has 2 aliphatic rings. The van der Waals surface area contributed by atoms with Gasteiger partial charge in [0.2, 0.25) is 5.88 Å². The minimum atomic E-state index is -0.644.